The second-order valence-corrected chi connectivity index (χ2v) is 4.19. The summed E-state index contributed by atoms with van der Waals surface area (Å²) in [5, 5.41) is 10.5. The zero-order valence-corrected chi connectivity index (χ0v) is 10.1. The summed E-state index contributed by atoms with van der Waals surface area (Å²) in [5.74, 6) is -0.743. The van der Waals surface area contributed by atoms with E-state index in [1.807, 2.05) is 0 Å². The van der Waals surface area contributed by atoms with E-state index in [0.29, 0.717) is 10.6 Å². The van der Waals surface area contributed by atoms with Crippen LogP contribution in [0.5, 0.6) is 5.75 Å². The van der Waals surface area contributed by atoms with Crippen molar-refractivity contribution >= 4 is 23.2 Å². The maximum Gasteiger partial charge on any atom is 0.326 e. The van der Waals surface area contributed by atoms with Gasteiger partial charge in [0.1, 0.15) is 11.8 Å². The summed E-state index contributed by atoms with van der Waals surface area (Å²) in [6.07, 6.45) is 0. The Bertz CT molecular complexity index is 401. The smallest absolute Gasteiger partial charge is 0.326 e. The molecule has 1 aromatic rings. The van der Waals surface area contributed by atoms with E-state index in [1.165, 1.54) is 37.3 Å². The summed E-state index contributed by atoms with van der Waals surface area (Å²) >= 11 is 1.23. The molecule has 0 aliphatic rings. The fourth-order valence-electron chi connectivity index (χ4n) is 1.05. The fourth-order valence-corrected chi connectivity index (χ4v) is 1.89. The van der Waals surface area contributed by atoms with Crippen LogP contribution in [0.25, 0.3) is 0 Å². The van der Waals surface area contributed by atoms with Gasteiger partial charge in [0.15, 0.2) is 0 Å². The molecule has 1 aromatic heterocycles. The molecular formula is C10H13NO4S. The lowest BCUT2D eigenvalue weighted by Gasteiger charge is -2.20. The monoisotopic (exact) mass is 243 g/mol. The Morgan fingerprint density at radius 3 is 2.62 bits per heavy atom. The van der Waals surface area contributed by atoms with Gasteiger partial charge in [-0.1, -0.05) is 0 Å². The average Bonchev–Trinajstić information content (AvgIpc) is 2.74. The van der Waals surface area contributed by atoms with Crippen molar-refractivity contribution in [3.8, 4) is 5.75 Å². The maximum atomic E-state index is 11.8. The van der Waals surface area contributed by atoms with Crippen molar-refractivity contribution in [1.29, 1.82) is 0 Å². The van der Waals surface area contributed by atoms with E-state index in [1.54, 1.807) is 11.4 Å². The van der Waals surface area contributed by atoms with Gasteiger partial charge in [0, 0.05) is 18.5 Å². The molecule has 1 amide bonds. The number of carbonyl (C=O) groups is 2. The lowest BCUT2D eigenvalue weighted by molar-refractivity contribution is -0.141. The zero-order valence-electron chi connectivity index (χ0n) is 9.26. The van der Waals surface area contributed by atoms with Crippen molar-refractivity contribution in [3.05, 3.63) is 16.3 Å². The number of carboxylic acid groups (broad SMARTS) is 1. The molecule has 1 atom stereocenters. The highest BCUT2D eigenvalue weighted by molar-refractivity contribution is 7.12. The fraction of sp³-hybridized carbons (Fsp3) is 0.400. The molecule has 0 aromatic carbocycles. The summed E-state index contributed by atoms with van der Waals surface area (Å²) in [4.78, 5) is 24.2. The Morgan fingerprint density at radius 1 is 1.56 bits per heavy atom. The number of carbonyl (C=O) groups excluding carboxylic acids is 1. The first-order valence-corrected chi connectivity index (χ1v) is 5.47. The second-order valence-electron chi connectivity index (χ2n) is 3.28. The molecule has 1 heterocycles. The van der Waals surface area contributed by atoms with Crippen molar-refractivity contribution in [2.45, 2.75) is 13.0 Å². The van der Waals surface area contributed by atoms with Gasteiger partial charge in [0.05, 0.1) is 12.0 Å². The third-order valence-electron chi connectivity index (χ3n) is 2.28. The molecule has 0 aliphatic heterocycles. The summed E-state index contributed by atoms with van der Waals surface area (Å²) in [6.45, 7) is 1.46. The lowest BCUT2D eigenvalue weighted by atomic mass is 10.3. The number of likely N-dealkylation sites (N-methyl/N-ethyl adjacent to an activating group) is 1. The average molecular weight is 243 g/mol. The Labute approximate surface area is 97.3 Å². The molecule has 0 saturated heterocycles. The number of carboxylic acids is 1. The first-order chi connectivity index (χ1) is 7.47. The molecule has 0 aliphatic carbocycles. The predicted molar refractivity (Wildman–Crippen MR) is 60.1 cm³/mol. The Hall–Kier alpha value is -1.56. The SMILES string of the molecule is COc1csc(C(=O)N(C)C(C)C(=O)O)c1. The van der Waals surface area contributed by atoms with E-state index in [0.717, 1.165) is 0 Å². The number of amides is 1. The van der Waals surface area contributed by atoms with E-state index >= 15 is 0 Å². The number of hydrogen-bond acceptors (Lipinski definition) is 4. The van der Waals surface area contributed by atoms with E-state index in [2.05, 4.69) is 0 Å². The van der Waals surface area contributed by atoms with Crippen LogP contribution in [-0.2, 0) is 4.79 Å². The minimum absolute atomic E-state index is 0.316. The molecule has 0 fully saturated rings. The molecule has 88 valence electrons. The molecule has 0 spiro atoms. The van der Waals surface area contributed by atoms with Crippen LogP contribution in [0, 0.1) is 0 Å². The quantitative estimate of drug-likeness (QED) is 0.865. The molecule has 0 bridgehead atoms. The summed E-state index contributed by atoms with van der Waals surface area (Å²) in [6, 6.07) is 0.749. The molecule has 1 unspecified atom stereocenters. The zero-order chi connectivity index (χ0) is 12.3. The highest BCUT2D eigenvalue weighted by Gasteiger charge is 2.23. The standard InChI is InChI=1S/C10H13NO4S/c1-6(10(13)14)11(2)9(12)8-4-7(15-3)5-16-8/h4-6H,1-3H3,(H,13,14). The first kappa shape index (κ1) is 12.5. The Balaban J connectivity index is 2.81. The normalized spacial score (nSPS) is 11.9. The topological polar surface area (TPSA) is 66.8 Å². The Morgan fingerprint density at radius 2 is 2.19 bits per heavy atom. The number of methoxy groups -OCH3 is 1. The van der Waals surface area contributed by atoms with Crippen molar-refractivity contribution in [1.82, 2.24) is 4.90 Å². The molecule has 16 heavy (non-hydrogen) atoms. The Kier molecular flexibility index (Phi) is 3.89. The molecular weight excluding hydrogens is 230 g/mol. The summed E-state index contributed by atoms with van der Waals surface area (Å²) in [7, 11) is 2.98. The van der Waals surface area contributed by atoms with Crippen LogP contribution in [0.15, 0.2) is 11.4 Å². The lowest BCUT2D eigenvalue weighted by Crippen LogP contribution is -2.39. The minimum atomic E-state index is -1.03. The molecule has 6 heteroatoms. The van der Waals surface area contributed by atoms with Gasteiger partial charge >= 0.3 is 5.97 Å². The minimum Gasteiger partial charge on any atom is -0.496 e. The van der Waals surface area contributed by atoms with Gasteiger partial charge in [0.2, 0.25) is 0 Å². The van der Waals surface area contributed by atoms with Gasteiger partial charge in [-0.05, 0) is 6.92 Å². The van der Waals surface area contributed by atoms with Gasteiger partial charge in [-0.15, -0.1) is 11.3 Å². The van der Waals surface area contributed by atoms with E-state index in [9.17, 15) is 9.59 Å². The summed E-state index contributed by atoms with van der Waals surface area (Å²) in [5.41, 5.74) is 0. The van der Waals surface area contributed by atoms with Crippen molar-refractivity contribution < 1.29 is 19.4 Å². The molecule has 0 radical (unpaired) electrons. The van der Waals surface area contributed by atoms with Crippen molar-refractivity contribution in [3.63, 3.8) is 0 Å². The number of hydrogen-bond donors (Lipinski definition) is 1. The van der Waals surface area contributed by atoms with E-state index in [-0.39, 0.29) is 5.91 Å². The largest absolute Gasteiger partial charge is 0.496 e. The third kappa shape index (κ3) is 2.52. The highest BCUT2D eigenvalue weighted by atomic mass is 32.1. The number of thiophene rings is 1. The number of nitrogens with zero attached hydrogens (tertiary/aromatic N) is 1. The number of aliphatic carboxylic acids is 1. The van der Waals surface area contributed by atoms with Crippen LogP contribution in [0.1, 0.15) is 16.6 Å². The van der Waals surface area contributed by atoms with Gasteiger partial charge < -0.3 is 14.7 Å². The third-order valence-corrected chi connectivity index (χ3v) is 3.18. The van der Waals surface area contributed by atoms with Crippen molar-refractivity contribution in [2.24, 2.45) is 0 Å². The molecule has 5 nitrogen and oxygen atoms in total. The van der Waals surface area contributed by atoms with Gasteiger partial charge in [-0.25, -0.2) is 4.79 Å². The summed E-state index contributed by atoms with van der Waals surface area (Å²) < 4.78 is 4.96. The van der Waals surface area contributed by atoms with Crippen LogP contribution >= 0.6 is 11.3 Å². The van der Waals surface area contributed by atoms with Crippen LogP contribution in [0.4, 0.5) is 0 Å². The molecule has 1 rings (SSSR count). The number of ether oxygens (including phenoxy) is 1. The molecule has 1 N–H and O–H groups in total. The first-order valence-electron chi connectivity index (χ1n) is 4.60. The maximum absolute atomic E-state index is 11.8. The van der Waals surface area contributed by atoms with Gasteiger partial charge in [-0.2, -0.15) is 0 Å². The van der Waals surface area contributed by atoms with Crippen molar-refractivity contribution in [2.75, 3.05) is 14.2 Å². The molecule has 0 saturated carbocycles. The van der Waals surface area contributed by atoms with Gasteiger partial charge in [-0.3, -0.25) is 4.79 Å². The van der Waals surface area contributed by atoms with Crippen LogP contribution < -0.4 is 4.74 Å². The van der Waals surface area contributed by atoms with Crippen LogP contribution in [0.3, 0.4) is 0 Å². The van der Waals surface area contributed by atoms with E-state index < -0.39 is 12.0 Å². The van der Waals surface area contributed by atoms with Crippen LogP contribution in [0.2, 0.25) is 0 Å². The predicted octanol–water partition coefficient (Wildman–Crippen LogP) is 1.30. The van der Waals surface area contributed by atoms with Gasteiger partial charge in [0.25, 0.3) is 5.91 Å². The number of rotatable bonds is 4. The van der Waals surface area contributed by atoms with E-state index in [4.69, 9.17) is 9.84 Å². The second kappa shape index (κ2) is 4.98. The van der Waals surface area contributed by atoms with Crippen LogP contribution in [-0.4, -0.2) is 42.1 Å². The highest BCUT2D eigenvalue weighted by Crippen LogP contribution is 2.22.